The first-order chi connectivity index (χ1) is 12.2. The highest BCUT2D eigenvalue weighted by molar-refractivity contribution is 7.09. The van der Waals surface area contributed by atoms with E-state index in [1.54, 1.807) is 18.3 Å². The van der Waals surface area contributed by atoms with Gasteiger partial charge >= 0.3 is 0 Å². The lowest BCUT2D eigenvalue weighted by molar-refractivity contribution is 0.0944. The standard InChI is InChI=1S/C20H16FN2OS/c1-2-12-4-3-5-15-16(12)19(24)17(20-22-10-11-25-20)18(23-15)13-6-8-14(21)9-7-13/h3-11,17-18,23H,1-2H2. The number of benzene rings is 2. The van der Waals surface area contributed by atoms with Crippen LogP contribution in [0.15, 0.2) is 54.0 Å². The zero-order chi connectivity index (χ0) is 17.4. The Kier molecular flexibility index (Phi) is 4.09. The van der Waals surface area contributed by atoms with Crippen molar-refractivity contribution in [3.05, 3.63) is 88.5 Å². The van der Waals surface area contributed by atoms with Gasteiger partial charge in [0.1, 0.15) is 10.8 Å². The van der Waals surface area contributed by atoms with Crippen LogP contribution in [0.2, 0.25) is 0 Å². The van der Waals surface area contributed by atoms with Crippen molar-refractivity contribution in [1.29, 1.82) is 0 Å². The number of anilines is 1. The summed E-state index contributed by atoms with van der Waals surface area (Å²) in [6.45, 7) is 3.94. The van der Waals surface area contributed by atoms with Gasteiger partial charge in [-0.3, -0.25) is 4.79 Å². The van der Waals surface area contributed by atoms with Gasteiger partial charge < -0.3 is 5.32 Å². The molecule has 0 amide bonds. The Morgan fingerprint density at radius 3 is 2.68 bits per heavy atom. The molecule has 25 heavy (non-hydrogen) atoms. The molecule has 1 aliphatic heterocycles. The third-order valence-corrected chi connectivity index (χ3v) is 5.40. The monoisotopic (exact) mass is 351 g/mol. The van der Waals surface area contributed by atoms with E-state index < -0.39 is 5.92 Å². The van der Waals surface area contributed by atoms with Crippen molar-refractivity contribution in [2.45, 2.75) is 18.4 Å². The van der Waals surface area contributed by atoms with Gasteiger partial charge in [-0.25, -0.2) is 9.37 Å². The number of rotatable bonds is 3. The van der Waals surface area contributed by atoms with Crippen molar-refractivity contribution in [2.75, 3.05) is 5.32 Å². The molecular formula is C20H16FN2OS. The first-order valence-electron chi connectivity index (χ1n) is 8.06. The fourth-order valence-corrected chi connectivity index (χ4v) is 4.14. The zero-order valence-electron chi connectivity index (χ0n) is 13.4. The van der Waals surface area contributed by atoms with Gasteiger partial charge in [-0.05, 0) is 42.7 Å². The van der Waals surface area contributed by atoms with Crippen molar-refractivity contribution in [1.82, 2.24) is 4.98 Å². The van der Waals surface area contributed by atoms with Crippen LogP contribution in [0.5, 0.6) is 0 Å². The number of aromatic nitrogens is 1. The van der Waals surface area contributed by atoms with E-state index in [-0.39, 0.29) is 17.6 Å². The molecule has 1 aliphatic rings. The van der Waals surface area contributed by atoms with E-state index in [9.17, 15) is 9.18 Å². The Balaban J connectivity index is 1.87. The molecule has 0 spiro atoms. The largest absolute Gasteiger partial charge is 0.376 e. The Labute approximate surface area is 149 Å². The van der Waals surface area contributed by atoms with E-state index in [0.29, 0.717) is 12.0 Å². The summed E-state index contributed by atoms with van der Waals surface area (Å²) in [4.78, 5) is 17.8. The molecule has 3 nitrogen and oxygen atoms in total. The highest BCUT2D eigenvalue weighted by atomic mass is 32.1. The number of nitrogens with one attached hydrogen (secondary N) is 1. The molecule has 2 heterocycles. The number of thiazole rings is 1. The second-order valence-corrected chi connectivity index (χ2v) is 6.90. The van der Waals surface area contributed by atoms with E-state index in [1.165, 1.54) is 23.5 Å². The Hall–Kier alpha value is -2.53. The molecule has 0 saturated heterocycles. The van der Waals surface area contributed by atoms with E-state index in [4.69, 9.17) is 0 Å². The average molecular weight is 351 g/mol. The normalized spacial score (nSPS) is 19.4. The number of carbonyl (C=O) groups is 1. The number of nitrogens with zero attached hydrogens (tertiary/aromatic N) is 1. The number of hydrogen-bond donors (Lipinski definition) is 1. The molecule has 5 heteroatoms. The summed E-state index contributed by atoms with van der Waals surface area (Å²) >= 11 is 1.46. The topological polar surface area (TPSA) is 42.0 Å². The van der Waals surface area contributed by atoms with Gasteiger partial charge in [0.15, 0.2) is 5.78 Å². The maximum atomic E-state index is 13.4. The van der Waals surface area contributed by atoms with Crippen LogP contribution < -0.4 is 5.32 Å². The summed E-state index contributed by atoms with van der Waals surface area (Å²) in [5, 5.41) is 6.10. The molecule has 4 rings (SSSR count). The number of ketones is 1. The highest BCUT2D eigenvalue weighted by Crippen LogP contribution is 2.43. The van der Waals surface area contributed by atoms with Crippen LogP contribution in [0.4, 0.5) is 10.1 Å². The predicted molar refractivity (Wildman–Crippen MR) is 97.5 cm³/mol. The van der Waals surface area contributed by atoms with Gasteiger partial charge in [-0.2, -0.15) is 0 Å². The molecule has 0 bridgehead atoms. The fraction of sp³-hybridized carbons (Fsp3) is 0.150. The first kappa shape index (κ1) is 16.0. The van der Waals surface area contributed by atoms with Crippen LogP contribution in [0.3, 0.4) is 0 Å². The van der Waals surface area contributed by atoms with E-state index >= 15 is 0 Å². The summed E-state index contributed by atoms with van der Waals surface area (Å²) < 4.78 is 13.3. The number of fused-ring (bicyclic) bond motifs is 1. The molecular weight excluding hydrogens is 335 g/mol. The number of carbonyl (C=O) groups excluding carboxylic acids is 1. The zero-order valence-corrected chi connectivity index (χ0v) is 14.2. The van der Waals surface area contributed by atoms with E-state index in [1.807, 2.05) is 23.6 Å². The highest BCUT2D eigenvalue weighted by Gasteiger charge is 2.39. The lowest BCUT2D eigenvalue weighted by Gasteiger charge is -2.34. The van der Waals surface area contributed by atoms with E-state index in [0.717, 1.165) is 21.8 Å². The molecule has 2 unspecified atom stereocenters. The van der Waals surface area contributed by atoms with Crippen molar-refractivity contribution in [3.63, 3.8) is 0 Å². The van der Waals surface area contributed by atoms with Gasteiger partial charge in [0, 0.05) is 22.8 Å². The maximum Gasteiger partial charge on any atom is 0.177 e. The van der Waals surface area contributed by atoms with Crippen LogP contribution in [0.25, 0.3) is 0 Å². The van der Waals surface area contributed by atoms with Crippen LogP contribution in [-0.4, -0.2) is 10.8 Å². The Bertz CT molecular complexity index is 906. The van der Waals surface area contributed by atoms with Crippen molar-refractivity contribution >= 4 is 22.8 Å². The summed E-state index contributed by atoms with van der Waals surface area (Å²) in [5.41, 5.74) is 3.28. The van der Waals surface area contributed by atoms with Gasteiger partial charge in [-0.1, -0.05) is 24.3 Å². The van der Waals surface area contributed by atoms with Gasteiger partial charge in [0.2, 0.25) is 0 Å². The van der Waals surface area contributed by atoms with Gasteiger partial charge in [0.05, 0.1) is 12.0 Å². The Morgan fingerprint density at radius 2 is 2.00 bits per heavy atom. The maximum absolute atomic E-state index is 13.4. The van der Waals surface area contributed by atoms with Crippen LogP contribution in [0.1, 0.15) is 38.5 Å². The van der Waals surface area contributed by atoms with Crippen molar-refractivity contribution in [2.24, 2.45) is 0 Å². The minimum atomic E-state index is -0.439. The average Bonchev–Trinajstić information content (AvgIpc) is 3.15. The second kappa shape index (κ2) is 6.41. The number of halogens is 1. The minimum Gasteiger partial charge on any atom is -0.376 e. The molecule has 1 radical (unpaired) electrons. The Morgan fingerprint density at radius 1 is 1.20 bits per heavy atom. The predicted octanol–water partition coefficient (Wildman–Crippen LogP) is 4.79. The number of Topliss-reactive ketones (excluding diaryl/α,β-unsaturated/α-hetero) is 1. The van der Waals surface area contributed by atoms with Gasteiger partial charge in [-0.15, -0.1) is 11.3 Å². The molecule has 0 fully saturated rings. The van der Waals surface area contributed by atoms with Crippen LogP contribution >= 0.6 is 11.3 Å². The van der Waals surface area contributed by atoms with E-state index in [2.05, 4.69) is 17.2 Å². The summed E-state index contributed by atoms with van der Waals surface area (Å²) in [7, 11) is 0. The molecule has 0 aliphatic carbocycles. The third kappa shape index (κ3) is 2.74. The van der Waals surface area contributed by atoms with Crippen molar-refractivity contribution < 1.29 is 9.18 Å². The summed E-state index contributed by atoms with van der Waals surface area (Å²) in [6.07, 6.45) is 2.25. The molecule has 1 aromatic heterocycles. The molecule has 2 aromatic carbocycles. The summed E-state index contributed by atoms with van der Waals surface area (Å²) in [6, 6.07) is 11.7. The molecule has 2 atom stereocenters. The van der Waals surface area contributed by atoms with Crippen LogP contribution in [-0.2, 0) is 6.42 Å². The molecule has 1 N–H and O–H groups in total. The first-order valence-corrected chi connectivity index (χ1v) is 8.93. The molecule has 3 aromatic rings. The SMILES string of the molecule is [CH2]Cc1cccc2c1C(=O)C(c1nccs1)C(c1ccc(F)cc1)N2. The smallest absolute Gasteiger partial charge is 0.177 e. The fourth-order valence-electron chi connectivity index (χ4n) is 3.37. The lowest BCUT2D eigenvalue weighted by Crippen LogP contribution is -2.32. The molecule has 0 saturated carbocycles. The quantitative estimate of drug-likeness (QED) is 0.737. The molecule has 125 valence electrons. The van der Waals surface area contributed by atoms with Crippen LogP contribution in [0, 0.1) is 12.7 Å². The second-order valence-electron chi connectivity index (χ2n) is 5.98. The summed E-state index contributed by atoms with van der Waals surface area (Å²) in [5.74, 6) is -0.695. The third-order valence-electron chi connectivity index (χ3n) is 4.54. The van der Waals surface area contributed by atoms with Gasteiger partial charge in [0.25, 0.3) is 0 Å². The van der Waals surface area contributed by atoms with Crippen molar-refractivity contribution in [3.8, 4) is 0 Å². The lowest BCUT2D eigenvalue weighted by atomic mass is 9.81. The minimum absolute atomic E-state index is 0.0391. The number of hydrogen-bond acceptors (Lipinski definition) is 4.